The van der Waals surface area contributed by atoms with Crippen LogP contribution in [0.15, 0.2) is 0 Å². The predicted molar refractivity (Wildman–Crippen MR) is 36.7 cm³/mol. The van der Waals surface area contributed by atoms with Gasteiger partial charge in [0.15, 0.2) is 0 Å². The third-order valence-electron chi connectivity index (χ3n) is 0.390. The summed E-state index contributed by atoms with van der Waals surface area (Å²) in [7, 11) is 0. The van der Waals surface area contributed by atoms with Gasteiger partial charge in [-0.1, -0.05) is 0 Å². The lowest BCUT2D eigenvalue weighted by Crippen LogP contribution is -2.25. The summed E-state index contributed by atoms with van der Waals surface area (Å²) in [5.74, 6) is -0.963. The molecule has 3 N–H and O–H groups in total. The number of carboxylic acids is 1. The monoisotopic (exact) mass is 217 g/mol. The highest BCUT2D eigenvalue weighted by atomic mass is 127. The summed E-state index contributed by atoms with van der Waals surface area (Å²) >= 11 is 0. The zero-order chi connectivity index (χ0) is 5.15. The standard InChI is InChI=1S/C3H7NO2.HI/c1-2(4)3(5)6;/h2H,4H2,1H3,(H,5,6);1H. The second-order valence-corrected chi connectivity index (χ2v) is 1.13. The SMILES string of the molecule is CC(N)C(=O)O.I. The Balaban J connectivity index is 0. The first-order valence-electron chi connectivity index (χ1n) is 1.63. The molecule has 0 rings (SSSR count). The largest absolute Gasteiger partial charge is 0.480 e. The van der Waals surface area contributed by atoms with Crippen molar-refractivity contribution in [1.82, 2.24) is 0 Å². The van der Waals surface area contributed by atoms with E-state index in [4.69, 9.17) is 10.8 Å². The number of carbonyl (C=O) groups is 1. The molecular formula is C3H8INO2. The second kappa shape index (κ2) is 4.32. The van der Waals surface area contributed by atoms with Crippen LogP contribution in [-0.4, -0.2) is 17.1 Å². The Bertz CT molecular complexity index is 64.0. The number of rotatable bonds is 1. The van der Waals surface area contributed by atoms with E-state index in [1.165, 1.54) is 6.92 Å². The smallest absolute Gasteiger partial charge is 0.320 e. The lowest BCUT2D eigenvalue weighted by atomic mass is 10.4. The molecule has 0 saturated heterocycles. The van der Waals surface area contributed by atoms with Crippen LogP contribution in [0.4, 0.5) is 0 Å². The lowest BCUT2D eigenvalue weighted by Gasteiger charge is -1.90. The molecule has 0 heterocycles. The van der Waals surface area contributed by atoms with E-state index in [1.807, 2.05) is 0 Å². The van der Waals surface area contributed by atoms with Gasteiger partial charge in [-0.05, 0) is 6.92 Å². The van der Waals surface area contributed by atoms with E-state index in [0.717, 1.165) is 0 Å². The molecule has 1 unspecified atom stereocenters. The zero-order valence-corrected chi connectivity index (χ0v) is 6.25. The minimum absolute atomic E-state index is 0. The first-order valence-corrected chi connectivity index (χ1v) is 1.63. The van der Waals surface area contributed by atoms with Crippen LogP contribution < -0.4 is 5.73 Å². The van der Waals surface area contributed by atoms with E-state index in [1.54, 1.807) is 0 Å². The normalized spacial score (nSPS) is 11.7. The number of aliphatic carboxylic acids is 1. The third kappa shape index (κ3) is 6.16. The van der Waals surface area contributed by atoms with Crippen LogP contribution >= 0.6 is 24.0 Å². The summed E-state index contributed by atoms with van der Waals surface area (Å²) < 4.78 is 0. The first-order chi connectivity index (χ1) is 2.64. The summed E-state index contributed by atoms with van der Waals surface area (Å²) in [5.41, 5.74) is 4.84. The molecule has 0 saturated carbocycles. The van der Waals surface area contributed by atoms with E-state index in [0.29, 0.717) is 0 Å². The van der Waals surface area contributed by atoms with Crippen molar-refractivity contribution >= 4 is 29.9 Å². The lowest BCUT2D eigenvalue weighted by molar-refractivity contribution is -0.138. The van der Waals surface area contributed by atoms with Crippen molar-refractivity contribution in [3.63, 3.8) is 0 Å². The van der Waals surface area contributed by atoms with Crippen molar-refractivity contribution in [1.29, 1.82) is 0 Å². The molecule has 0 spiro atoms. The number of hydrogen-bond donors (Lipinski definition) is 2. The van der Waals surface area contributed by atoms with Gasteiger partial charge < -0.3 is 10.8 Å². The van der Waals surface area contributed by atoms with E-state index >= 15 is 0 Å². The Morgan fingerprint density at radius 1 is 1.86 bits per heavy atom. The van der Waals surface area contributed by atoms with Gasteiger partial charge in [0.2, 0.25) is 0 Å². The fraction of sp³-hybridized carbons (Fsp3) is 0.667. The number of halogens is 1. The molecule has 1 atom stereocenters. The Hall–Kier alpha value is 0.160. The van der Waals surface area contributed by atoms with Gasteiger partial charge in [-0.15, -0.1) is 24.0 Å². The van der Waals surface area contributed by atoms with Crippen LogP contribution in [0, 0.1) is 0 Å². The first kappa shape index (κ1) is 10.2. The third-order valence-corrected chi connectivity index (χ3v) is 0.390. The van der Waals surface area contributed by atoms with Crippen molar-refractivity contribution in [2.75, 3.05) is 0 Å². The number of nitrogens with two attached hydrogens (primary N) is 1. The molecule has 0 radical (unpaired) electrons. The fourth-order valence-corrected chi connectivity index (χ4v) is 0. The molecule has 3 nitrogen and oxygen atoms in total. The maximum absolute atomic E-state index is 9.57. The molecule has 0 amide bonds. The fourth-order valence-electron chi connectivity index (χ4n) is 0. The molecule has 0 fully saturated rings. The van der Waals surface area contributed by atoms with E-state index in [-0.39, 0.29) is 24.0 Å². The summed E-state index contributed by atoms with van der Waals surface area (Å²) in [6, 6.07) is -0.731. The molecule has 0 aliphatic heterocycles. The molecule has 0 aliphatic rings. The summed E-state index contributed by atoms with van der Waals surface area (Å²) in [5, 5.41) is 7.87. The highest BCUT2D eigenvalue weighted by Gasteiger charge is 1.99. The van der Waals surface area contributed by atoms with Gasteiger partial charge in [-0.25, -0.2) is 0 Å². The minimum Gasteiger partial charge on any atom is -0.480 e. The van der Waals surface area contributed by atoms with Gasteiger partial charge in [-0.2, -0.15) is 0 Å². The predicted octanol–water partition coefficient (Wildman–Crippen LogP) is 0.0362. The molecule has 0 aromatic carbocycles. The van der Waals surface area contributed by atoms with Crippen LogP contribution in [0.1, 0.15) is 6.92 Å². The highest BCUT2D eigenvalue weighted by Crippen LogP contribution is 1.68. The van der Waals surface area contributed by atoms with Crippen molar-refractivity contribution in [2.24, 2.45) is 5.73 Å². The summed E-state index contributed by atoms with van der Waals surface area (Å²) in [4.78, 5) is 9.57. The van der Waals surface area contributed by atoms with Gasteiger partial charge >= 0.3 is 5.97 Å². The maximum atomic E-state index is 9.57. The molecular weight excluding hydrogens is 209 g/mol. The van der Waals surface area contributed by atoms with E-state index in [2.05, 4.69) is 0 Å². The average molecular weight is 217 g/mol. The van der Waals surface area contributed by atoms with Crippen molar-refractivity contribution in [2.45, 2.75) is 13.0 Å². The van der Waals surface area contributed by atoms with Crippen molar-refractivity contribution < 1.29 is 9.90 Å². The Morgan fingerprint density at radius 3 is 2.00 bits per heavy atom. The summed E-state index contributed by atoms with van der Waals surface area (Å²) in [6.45, 7) is 1.42. The molecule has 0 aromatic rings. The van der Waals surface area contributed by atoms with Gasteiger partial charge in [-0.3, -0.25) is 4.79 Å². The van der Waals surface area contributed by atoms with Crippen molar-refractivity contribution in [3.05, 3.63) is 0 Å². The van der Waals surface area contributed by atoms with E-state index in [9.17, 15) is 4.79 Å². The van der Waals surface area contributed by atoms with Gasteiger partial charge in [0.1, 0.15) is 6.04 Å². The molecule has 0 bridgehead atoms. The Labute approximate surface area is 58.9 Å². The molecule has 4 heteroatoms. The van der Waals surface area contributed by atoms with Crippen molar-refractivity contribution in [3.8, 4) is 0 Å². The average Bonchev–Trinajstić information content (AvgIpc) is 1.36. The quantitative estimate of drug-likeness (QED) is 0.609. The molecule has 0 aromatic heterocycles. The Kier molecular flexibility index (Phi) is 6.30. The zero-order valence-electron chi connectivity index (χ0n) is 3.92. The van der Waals surface area contributed by atoms with Gasteiger partial charge in [0.05, 0.1) is 0 Å². The van der Waals surface area contributed by atoms with Gasteiger partial charge in [0, 0.05) is 0 Å². The molecule has 0 aliphatic carbocycles. The van der Waals surface area contributed by atoms with Crippen LogP contribution in [0.3, 0.4) is 0 Å². The van der Waals surface area contributed by atoms with Crippen LogP contribution in [0.25, 0.3) is 0 Å². The number of carboxylic acid groups (broad SMARTS) is 1. The number of hydrogen-bond acceptors (Lipinski definition) is 2. The van der Waals surface area contributed by atoms with Gasteiger partial charge in [0.25, 0.3) is 0 Å². The van der Waals surface area contributed by atoms with Crippen LogP contribution in [-0.2, 0) is 4.79 Å². The van der Waals surface area contributed by atoms with Crippen LogP contribution in [0.2, 0.25) is 0 Å². The van der Waals surface area contributed by atoms with Crippen LogP contribution in [0.5, 0.6) is 0 Å². The Morgan fingerprint density at radius 2 is 2.00 bits per heavy atom. The van der Waals surface area contributed by atoms with E-state index < -0.39 is 12.0 Å². The second-order valence-electron chi connectivity index (χ2n) is 1.13. The topological polar surface area (TPSA) is 63.3 Å². The molecule has 44 valence electrons. The maximum Gasteiger partial charge on any atom is 0.320 e. The minimum atomic E-state index is -0.963. The highest BCUT2D eigenvalue weighted by molar-refractivity contribution is 14.0. The summed E-state index contributed by atoms with van der Waals surface area (Å²) in [6.07, 6.45) is 0. The molecule has 7 heavy (non-hydrogen) atoms.